The van der Waals surface area contributed by atoms with E-state index < -0.39 is 11.6 Å². The van der Waals surface area contributed by atoms with E-state index in [0.717, 1.165) is 22.9 Å². The first kappa shape index (κ1) is 31.8. The zero-order valence-electron chi connectivity index (χ0n) is 23.8. The predicted octanol–water partition coefficient (Wildman–Crippen LogP) is 7.22. The van der Waals surface area contributed by atoms with Crippen LogP contribution in [0.3, 0.4) is 0 Å². The highest BCUT2D eigenvalue weighted by atomic mass is 79.9. The first-order chi connectivity index (χ1) is 20.9. The number of benzene rings is 3. The molecule has 1 aliphatic carbocycles. The summed E-state index contributed by atoms with van der Waals surface area (Å²) in [6, 6.07) is 20.3. The number of hydrazine groups is 1. The van der Waals surface area contributed by atoms with Crippen LogP contribution < -0.4 is 15.6 Å². The van der Waals surface area contributed by atoms with Crippen molar-refractivity contribution in [3.05, 3.63) is 97.9 Å². The van der Waals surface area contributed by atoms with Crippen LogP contribution in [0.5, 0.6) is 5.75 Å². The van der Waals surface area contributed by atoms with Crippen LogP contribution in [-0.4, -0.2) is 42.2 Å². The molecule has 0 unspecified atom stereocenters. The largest absolute Gasteiger partial charge is 0.494 e. The highest BCUT2D eigenvalue weighted by Gasteiger charge is 2.54. The van der Waals surface area contributed by atoms with E-state index in [9.17, 15) is 4.79 Å². The van der Waals surface area contributed by atoms with Gasteiger partial charge in [0.25, 0.3) is 5.91 Å². The molecule has 0 spiro atoms. The Bertz CT molecular complexity index is 1430. The normalized spacial score (nSPS) is 20.4. The first-order valence-corrected chi connectivity index (χ1v) is 16.3. The summed E-state index contributed by atoms with van der Waals surface area (Å²) >= 11 is 16.7. The number of aliphatic hydroxyl groups excluding tert-OH is 1. The van der Waals surface area contributed by atoms with Gasteiger partial charge in [0.1, 0.15) is 5.75 Å². The second-order valence-corrected chi connectivity index (χ2v) is 12.8. The van der Waals surface area contributed by atoms with E-state index >= 15 is 0 Å². The fourth-order valence-corrected chi connectivity index (χ4v) is 6.61. The molecule has 0 bridgehead atoms. The number of aliphatic imine (C=N–C) groups is 1. The lowest BCUT2D eigenvalue weighted by Gasteiger charge is -2.32. The molecule has 0 radical (unpaired) electrons. The summed E-state index contributed by atoms with van der Waals surface area (Å²) in [4.78, 5) is 19.5. The fraction of sp³-hybridized carbons (Fsp3) is 0.394. The van der Waals surface area contributed by atoms with Gasteiger partial charge in [-0.3, -0.25) is 10.2 Å². The Hall–Kier alpha value is -2.62. The van der Waals surface area contributed by atoms with E-state index in [4.69, 9.17) is 42.8 Å². The van der Waals surface area contributed by atoms with Gasteiger partial charge in [-0.2, -0.15) is 0 Å². The van der Waals surface area contributed by atoms with Crippen LogP contribution in [0.25, 0.3) is 0 Å². The molecule has 3 N–H and O–H groups in total. The minimum atomic E-state index is -1.40. The molecule has 1 aliphatic heterocycles. The molecule has 2 aliphatic rings. The van der Waals surface area contributed by atoms with Crippen molar-refractivity contribution in [2.45, 2.75) is 56.6 Å². The Morgan fingerprint density at radius 1 is 1.07 bits per heavy atom. The zero-order chi connectivity index (χ0) is 30.2. The van der Waals surface area contributed by atoms with Gasteiger partial charge in [0.2, 0.25) is 5.90 Å². The molecule has 5 rings (SSSR count). The molecule has 228 valence electrons. The van der Waals surface area contributed by atoms with Crippen molar-refractivity contribution < 1.29 is 19.4 Å². The van der Waals surface area contributed by atoms with E-state index in [1.54, 1.807) is 18.2 Å². The monoisotopic (exact) mass is 687 g/mol. The Kier molecular flexibility index (Phi) is 11.0. The maximum atomic E-state index is 14.4. The topological polar surface area (TPSA) is 92.2 Å². The number of halogens is 3. The minimum Gasteiger partial charge on any atom is -0.494 e. The van der Waals surface area contributed by atoms with Crippen molar-refractivity contribution in [3.63, 3.8) is 0 Å². The van der Waals surface area contributed by atoms with Crippen molar-refractivity contribution >= 4 is 50.9 Å². The van der Waals surface area contributed by atoms with Crippen LogP contribution >= 0.6 is 39.1 Å². The van der Waals surface area contributed by atoms with E-state index in [2.05, 4.69) is 26.8 Å². The summed E-state index contributed by atoms with van der Waals surface area (Å²) < 4.78 is 13.1. The average molecular weight is 689 g/mol. The number of nitrogens with one attached hydrogen (secondary N) is 2. The number of aliphatic hydroxyl groups is 1. The van der Waals surface area contributed by atoms with E-state index in [-0.39, 0.29) is 18.9 Å². The predicted molar refractivity (Wildman–Crippen MR) is 174 cm³/mol. The molecular formula is C33H36BrCl2N3O4. The number of ether oxygens (including phenoxy) is 2. The highest BCUT2D eigenvalue weighted by molar-refractivity contribution is 9.10. The lowest BCUT2D eigenvalue weighted by atomic mass is 9.82. The van der Waals surface area contributed by atoms with Crippen LogP contribution in [-0.2, 0) is 16.0 Å². The van der Waals surface area contributed by atoms with Gasteiger partial charge in [-0.05, 0) is 66.8 Å². The zero-order valence-corrected chi connectivity index (χ0v) is 26.9. The molecular weight excluding hydrogens is 653 g/mol. The molecule has 1 fully saturated rings. The Morgan fingerprint density at radius 2 is 1.84 bits per heavy atom. The van der Waals surface area contributed by atoms with Crippen molar-refractivity contribution in [1.29, 1.82) is 0 Å². The third-order valence-electron chi connectivity index (χ3n) is 8.01. The van der Waals surface area contributed by atoms with Crippen molar-refractivity contribution in [2.24, 2.45) is 10.9 Å². The van der Waals surface area contributed by atoms with Gasteiger partial charge < -0.3 is 14.6 Å². The van der Waals surface area contributed by atoms with Crippen LogP contribution in [0.2, 0.25) is 10.0 Å². The standard InChI is InChI=1S/C33H36BrCl2N3O4/c34-28-10-5-4-9-24(28)20-33(32(41)39-37-21-22-7-2-1-3-8-22)30(27-16-13-25(35)19-29(27)36)43-31(38-33)23-11-14-26(15-12-23)42-18-6-17-40/h4-5,9-16,19,22,30,37,40H,1-3,6-8,17-18,20-21H2,(H,39,41)/t30-,33-/m0/s1. The number of rotatable bonds is 12. The fourth-order valence-electron chi connectivity index (χ4n) is 5.68. The first-order valence-electron chi connectivity index (χ1n) is 14.7. The Morgan fingerprint density at radius 3 is 2.56 bits per heavy atom. The molecule has 0 aromatic heterocycles. The number of carbonyl (C=O) groups excluding carboxylic acids is 1. The summed E-state index contributed by atoms with van der Waals surface area (Å²) in [5, 5.41) is 9.93. The van der Waals surface area contributed by atoms with Crippen LogP contribution in [0.15, 0.2) is 76.2 Å². The lowest BCUT2D eigenvalue weighted by molar-refractivity contribution is -0.130. The third-order valence-corrected chi connectivity index (χ3v) is 9.35. The summed E-state index contributed by atoms with van der Waals surface area (Å²) in [7, 11) is 0. The number of hydrogen-bond acceptors (Lipinski definition) is 6. The lowest BCUT2D eigenvalue weighted by Crippen LogP contribution is -2.54. The van der Waals surface area contributed by atoms with Gasteiger partial charge in [0.15, 0.2) is 11.6 Å². The van der Waals surface area contributed by atoms with E-state index in [1.165, 1.54) is 19.3 Å². The molecule has 2 atom stereocenters. The van der Waals surface area contributed by atoms with E-state index in [0.29, 0.717) is 58.3 Å². The second kappa shape index (κ2) is 14.9. The molecule has 43 heavy (non-hydrogen) atoms. The number of nitrogens with zero attached hydrogens (tertiary/aromatic N) is 1. The highest BCUT2D eigenvalue weighted by Crippen LogP contribution is 2.45. The van der Waals surface area contributed by atoms with Crippen LogP contribution in [0, 0.1) is 5.92 Å². The quantitative estimate of drug-likeness (QED) is 0.138. The van der Waals surface area contributed by atoms with E-state index in [1.807, 2.05) is 48.5 Å². The number of carbonyl (C=O) groups is 1. The number of hydrogen-bond donors (Lipinski definition) is 3. The summed E-state index contributed by atoms with van der Waals surface area (Å²) in [6.45, 7) is 1.17. The molecule has 10 heteroatoms. The Labute approximate surface area is 271 Å². The summed E-state index contributed by atoms with van der Waals surface area (Å²) in [5.74, 6) is 1.20. The maximum Gasteiger partial charge on any atom is 0.266 e. The van der Waals surface area contributed by atoms with Gasteiger partial charge in [-0.15, -0.1) is 0 Å². The summed E-state index contributed by atoms with van der Waals surface area (Å²) in [6.07, 6.45) is 5.97. The molecule has 3 aromatic rings. The van der Waals surface area contributed by atoms with Crippen molar-refractivity contribution in [1.82, 2.24) is 10.9 Å². The van der Waals surface area contributed by atoms with Crippen molar-refractivity contribution in [3.8, 4) is 5.75 Å². The third kappa shape index (κ3) is 7.73. The van der Waals surface area contributed by atoms with Gasteiger partial charge >= 0.3 is 0 Å². The van der Waals surface area contributed by atoms with Gasteiger partial charge in [-0.1, -0.05) is 82.7 Å². The average Bonchev–Trinajstić information content (AvgIpc) is 3.39. The van der Waals surface area contributed by atoms with Gasteiger partial charge in [0.05, 0.1) is 6.61 Å². The van der Waals surface area contributed by atoms with Gasteiger partial charge in [0, 0.05) is 51.6 Å². The van der Waals surface area contributed by atoms with Crippen LogP contribution in [0.4, 0.5) is 0 Å². The van der Waals surface area contributed by atoms with Gasteiger partial charge in [-0.25, -0.2) is 10.4 Å². The number of amides is 1. The molecule has 1 amide bonds. The SMILES string of the molecule is O=C(NNCC1CCCCC1)[C@@]1(Cc2ccccc2Br)N=C(c2ccc(OCCCO)cc2)O[C@H]1c1ccc(Cl)cc1Cl. The smallest absolute Gasteiger partial charge is 0.266 e. The Balaban J connectivity index is 1.52. The molecule has 1 saturated carbocycles. The minimum absolute atomic E-state index is 0.0641. The second-order valence-electron chi connectivity index (χ2n) is 11.1. The summed E-state index contributed by atoms with van der Waals surface area (Å²) in [5.41, 5.74) is 7.02. The van der Waals surface area contributed by atoms with Crippen molar-refractivity contribution in [2.75, 3.05) is 19.8 Å². The molecule has 0 saturated heterocycles. The molecule has 3 aromatic carbocycles. The van der Waals surface area contributed by atoms with Crippen LogP contribution in [0.1, 0.15) is 61.3 Å². The maximum absolute atomic E-state index is 14.4. The molecule has 7 nitrogen and oxygen atoms in total. The molecule has 1 heterocycles.